The molecular weight excluding hydrogens is 340 g/mol. The van der Waals surface area contributed by atoms with E-state index < -0.39 is 8.32 Å². The highest BCUT2D eigenvalue weighted by Gasteiger charge is 2.38. The van der Waals surface area contributed by atoms with Crippen molar-refractivity contribution in [2.24, 2.45) is 5.92 Å². The second-order valence-corrected chi connectivity index (χ2v) is 13.3. The monoisotopic (exact) mass is 376 g/mol. The summed E-state index contributed by atoms with van der Waals surface area (Å²) in [6.45, 7) is 17.6. The van der Waals surface area contributed by atoms with Gasteiger partial charge in [-0.05, 0) is 43.5 Å². The van der Waals surface area contributed by atoms with Crippen LogP contribution in [-0.2, 0) is 20.6 Å². The van der Waals surface area contributed by atoms with E-state index in [1.807, 2.05) is 43.3 Å². The van der Waals surface area contributed by atoms with Crippen LogP contribution in [0, 0.1) is 5.92 Å². The fraction of sp³-hybridized carbons (Fsp3) is 0.591. The summed E-state index contributed by atoms with van der Waals surface area (Å²) in [5.74, 6) is -0.135. The van der Waals surface area contributed by atoms with Gasteiger partial charge in [0.1, 0.15) is 6.29 Å². The van der Waals surface area contributed by atoms with Crippen molar-refractivity contribution in [1.82, 2.24) is 0 Å². The molecule has 1 unspecified atom stereocenters. The maximum atomic E-state index is 11.6. The number of rotatable bonds is 11. The fourth-order valence-corrected chi connectivity index (χ4v) is 3.80. The molecule has 0 aliphatic heterocycles. The Morgan fingerprint density at radius 1 is 1.15 bits per heavy atom. The first-order chi connectivity index (χ1) is 12.1. The Labute approximate surface area is 160 Å². The van der Waals surface area contributed by atoms with Crippen molar-refractivity contribution in [2.75, 3.05) is 0 Å². The predicted octanol–water partition coefficient (Wildman–Crippen LogP) is 5.76. The average molecular weight is 377 g/mol. The number of carbonyl (C=O) groups excluding carboxylic acids is 1. The van der Waals surface area contributed by atoms with Gasteiger partial charge in [0.25, 0.3) is 0 Å². The van der Waals surface area contributed by atoms with Gasteiger partial charge in [-0.15, -0.1) is 6.58 Å². The highest BCUT2D eigenvalue weighted by molar-refractivity contribution is 6.74. The lowest BCUT2D eigenvalue weighted by Gasteiger charge is -2.38. The van der Waals surface area contributed by atoms with E-state index in [-0.39, 0.29) is 23.2 Å². The molecule has 0 aliphatic carbocycles. The van der Waals surface area contributed by atoms with Crippen molar-refractivity contribution in [3.05, 3.63) is 48.6 Å². The maximum absolute atomic E-state index is 11.6. The molecule has 0 amide bonds. The lowest BCUT2D eigenvalue weighted by molar-refractivity contribution is -0.116. The zero-order valence-corrected chi connectivity index (χ0v) is 18.3. The molecule has 0 saturated heterocycles. The largest absolute Gasteiger partial charge is 0.411 e. The van der Waals surface area contributed by atoms with Crippen LogP contribution in [0.1, 0.15) is 46.1 Å². The summed E-state index contributed by atoms with van der Waals surface area (Å²) in [5, 5.41) is 0.157. The van der Waals surface area contributed by atoms with E-state index in [2.05, 4.69) is 40.4 Å². The molecule has 1 aromatic carbocycles. The maximum Gasteiger partial charge on any atom is 0.192 e. The van der Waals surface area contributed by atoms with Crippen LogP contribution in [0.3, 0.4) is 0 Å². The van der Waals surface area contributed by atoms with E-state index in [9.17, 15) is 4.79 Å². The summed E-state index contributed by atoms with van der Waals surface area (Å²) in [6.07, 6.45) is 4.29. The van der Waals surface area contributed by atoms with Crippen molar-refractivity contribution in [2.45, 2.75) is 77.5 Å². The Morgan fingerprint density at radius 3 is 2.27 bits per heavy atom. The number of hydrogen-bond acceptors (Lipinski definition) is 3. The van der Waals surface area contributed by atoms with Gasteiger partial charge in [-0.2, -0.15) is 0 Å². The fourth-order valence-electron chi connectivity index (χ4n) is 2.48. The third-order valence-corrected chi connectivity index (χ3v) is 9.94. The zero-order valence-electron chi connectivity index (χ0n) is 17.3. The third-order valence-electron chi connectivity index (χ3n) is 5.43. The molecule has 26 heavy (non-hydrogen) atoms. The average Bonchev–Trinajstić information content (AvgIpc) is 2.59. The minimum atomic E-state index is -1.85. The number of hydrogen-bond donors (Lipinski definition) is 0. The summed E-state index contributed by atoms with van der Waals surface area (Å²) in [7, 11) is -1.85. The third kappa shape index (κ3) is 7.18. The predicted molar refractivity (Wildman–Crippen MR) is 112 cm³/mol. The van der Waals surface area contributed by atoms with Crippen molar-refractivity contribution in [1.29, 1.82) is 0 Å². The van der Waals surface area contributed by atoms with Crippen LogP contribution in [0.2, 0.25) is 18.1 Å². The van der Waals surface area contributed by atoms with Crippen molar-refractivity contribution < 1.29 is 14.0 Å². The Hall–Kier alpha value is -1.23. The molecule has 0 aromatic heterocycles. The lowest BCUT2D eigenvalue weighted by Crippen LogP contribution is -2.43. The molecule has 1 aromatic rings. The van der Waals surface area contributed by atoms with Gasteiger partial charge in [-0.1, -0.05) is 57.2 Å². The minimum absolute atomic E-state index is 0.0142. The van der Waals surface area contributed by atoms with Crippen molar-refractivity contribution in [3.8, 4) is 0 Å². The Balaban J connectivity index is 2.55. The second kappa shape index (κ2) is 10.2. The highest BCUT2D eigenvalue weighted by atomic mass is 28.4. The van der Waals surface area contributed by atoms with E-state index in [1.165, 1.54) is 0 Å². The molecule has 4 heteroatoms. The van der Waals surface area contributed by atoms with E-state index in [4.69, 9.17) is 9.16 Å². The van der Waals surface area contributed by atoms with Gasteiger partial charge >= 0.3 is 0 Å². The molecule has 0 bridgehead atoms. The topological polar surface area (TPSA) is 35.5 Å². The smallest absolute Gasteiger partial charge is 0.192 e. The van der Waals surface area contributed by atoms with Gasteiger partial charge in [0.05, 0.1) is 18.8 Å². The number of benzene rings is 1. The molecule has 0 fully saturated rings. The molecule has 0 radical (unpaired) electrons. The van der Waals surface area contributed by atoms with Crippen LogP contribution in [0.15, 0.2) is 43.0 Å². The highest BCUT2D eigenvalue weighted by Crippen LogP contribution is 2.38. The molecular formula is C22H36O3Si. The molecule has 0 heterocycles. The Morgan fingerprint density at radius 2 is 1.77 bits per heavy atom. The zero-order chi connectivity index (χ0) is 19.8. The van der Waals surface area contributed by atoms with Gasteiger partial charge < -0.3 is 14.0 Å². The Kier molecular flexibility index (Phi) is 8.94. The normalized spacial score (nSPS) is 15.9. The van der Waals surface area contributed by atoms with Gasteiger partial charge in [0, 0.05) is 5.92 Å². The molecule has 3 atom stereocenters. The van der Waals surface area contributed by atoms with Crippen LogP contribution in [-0.4, -0.2) is 26.8 Å². The summed E-state index contributed by atoms with van der Waals surface area (Å²) in [5.41, 5.74) is 1.12. The van der Waals surface area contributed by atoms with Gasteiger partial charge in [0.15, 0.2) is 8.32 Å². The first kappa shape index (κ1) is 22.8. The van der Waals surface area contributed by atoms with E-state index in [0.717, 1.165) is 24.7 Å². The van der Waals surface area contributed by atoms with E-state index in [0.29, 0.717) is 6.61 Å². The quantitative estimate of drug-likeness (QED) is 0.280. The van der Waals surface area contributed by atoms with Crippen LogP contribution in [0.4, 0.5) is 0 Å². The second-order valence-electron chi connectivity index (χ2n) is 8.53. The van der Waals surface area contributed by atoms with E-state index in [1.54, 1.807) is 0 Å². The summed E-state index contributed by atoms with van der Waals surface area (Å²) in [6, 6.07) is 10.0. The minimum Gasteiger partial charge on any atom is -0.411 e. The molecule has 3 nitrogen and oxygen atoms in total. The van der Waals surface area contributed by atoms with E-state index >= 15 is 0 Å². The van der Waals surface area contributed by atoms with Crippen LogP contribution >= 0.6 is 0 Å². The standard InChI is InChI=1S/C22H36O3Si/c1-8-21(25-26(6,7)22(3,4)5)15-14-20(16-23)18(2)24-17-19-12-10-9-11-13-19/h8-13,16,18,20-21H,1,14-15,17H2,2-7H3/t18-,20+,21?/m1/s1. The van der Waals surface area contributed by atoms with Crippen molar-refractivity contribution in [3.63, 3.8) is 0 Å². The Bertz CT molecular complexity index is 548. The first-order valence-electron chi connectivity index (χ1n) is 9.52. The van der Waals surface area contributed by atoms with Crippen LogP contribution in [0.25, 0.3) is 0 Å². The first-order valence-corrected chi connectivity index (χ1v) is 12.4. The molecule has 0 N–H and O–H groups in total. The summed E-state index contributed by atoms with van der Waals surface area (Å²) in [4.78, 5) is 11.6. The SMILES string of the molecule is C=CC(CC[C@@H](C=O)[C@@H](C)OCc1ccccc1)O[Si](C)(C)C(C)(C)C. The van der Waals surface area contributed by atoms with Gasteiger partial charge in [-0.25, -0.2) is 0 Å². The van der Waals surface area contributed by atoms with Gasteiger partial charge in [0.2, 0.25) is 0 Å². The van der Waals surface area contributed by atoms with Crippen molar-refractivity contribution >= 4 is 14.6 Å². The van der Waals surface area contributed by atoms with Crippen LogP contribution < -0.4 is 0 Å². The van der Waals surface area contributed by atoms with Crippen LogP contribution in [0.5, 0.6) is 0 Å². The molecule has 0 spiro atoms. The molecule has 146 valence electrons. The lowest BCUT2D eigenvalue weighted by atomic mass is 9.97. The molecule has 1 rings (SSSR count). The number of carbonyl (C=O) groups is 1. The van der Waals surface area contributed by atoms with Gasteiger partial charge in [-0.3, -0.25) is 0 Å². The molecule has 0 saturated carbocycles. The number of aldehydes is 1. The summed E-state index contributed by atoms with van der Waals surface area (Å²) >= 11 is 0. The molecule has 0 aliphatic rings. The summed E-state index contributed by atoms with van der Waals surface area (Å²) < 4.78 is 12.3. The number of ether oxygens (including phenoxy) is 1.